The summed E-state index contributed by atoms with van der Waals surface area (Å²) in [5.74, 6) is -0.901. The van der Waals surface area contributed by atoms with Crippen LogP contribution in [0.1, 0.15) is 41.0 Å². The normalized spacial score (nSPS) is 13.6. The zero-order chi connectivity index (χ0) is 25.5. The molecule has 0 saturated carbocycles. The third-order valence-corrected chi connectivity index (χ3v) is 7.05. The largest absolute Gasteiger partial charge is 0.416 e. The van der Waals surface area contributed by atoms with Crippen LogP contribution in [0, 0.1) is 0 Å². The molecule has 0 unspecified atom stereocenters. The molecule has 0 aliphatic carbocycles. The van der Waals surface area contributed by atoms with Crippen LogP contribution in [0.5, 0.6) is 0 Å². The molecule has 0 saturated heterocycles. The summed E-state index contributed by atoms with van der Waals surface area (Å²) in [5, 5.41) is 4.03. The van der Waals surface area contributed by atoms with Gasteiger partial charge in [0.15, 0.2) is 31.3 Å². The van der Waals surface area contributed by atoms with E-state index < -0.39 is 53.6 Å². The van der Waals surface area contributed by atoms with Crippen molar-refractivity contribution in [2.24, 2.45) is 0 Å². The van der Waals surface area contributed by atoms with Crippen LogP contribution < -0.4 is 0 Å². The number of nitrogens with zero attached hydrogens (tertiary/aromatic N) is 4. The molecule has 0 fully saturated rings. The number of rotatable bonds is 7. The maximum atomic E-state index is 13.3. The molecule has 1 atom stereocenters. The van der Waals surface area contributed by atoms with Crippen molar-refractivity contribution in [2.75, 3.05) is 12.5 Å². The maximum absolute atomic E-state index is 13.3. The minimum absolute atomic E-state index is 0.00707. The molecule has 0 bridgehead atoms. The summed E-state index contributed by atoms with van der Waals surface area (Å²) in [6.07, 6.45) is -1.03. The number of ketones is 1. The van der Waals surface area contributed by atoms with E-state index in [1.54, 1.807) is 6.92 Å². The van der Waals surface area contributed by atoms with Crippen LogP contribution in [0.2, 0.25) is 0 Å². The Morgan fingerprint density at radius 1 is 1.00 bits per heavy atom. The number of alkyl halides is 3. The monoisotopic (exact) mass is 516 g/mol. The Balaban J connectivity index is 1.91. The summed E-state index contributed by atoms with van der Waals surface area (Å²) < 4.78 is 87.9. The highest BCUT2D eigenvalue weighted by Gasteiger charge is 2.33. The van der Waals surface area contributed by atoms with E-state index in [0.717, 1.165) is 24.8 Å². The molecule has 0 aliphatic rings. The van der Waals surface area contributed by atoms with Crippen LogP contribution in [-0.2, 0) is 25.9 Å². The SMILES string of the molecule is C[C@H](CC(=O)c1cc(C(F)(F)F)cc(S(C)(=O)=O)c1)c1ncnn1-c1ccc(S(C)(=O)=O)cn1. The van der Waals surface area contributed by atoms with Gasteiger partial charge in [0.2, 0.25) is 0 Å². The van der Waals surface area contributed by atoms with E-state index >= 15 is 0 Å². The number of hydrogen-bond donors (Lipinski definition) is 0. The van der Waals surface area contributed by atoms with E-state index in [-0.39, 0.29) is 23.0 Å². The fourth-order valence-corrected chi connectivity index (χ4v) is 4.35. The fraction of sp³-hybridized carbons (Fsp3) is 0.300. The van der Waals surface area contributed by atoms with E-state index in [0.29, 0.717) is 12.1 Å². The molecule has 0 radical (unpaired) electrons. The lowest BCUT2D eigenvalue weighted by molar-refractivity contribution is -0.137. The van der Waals surface area contributed by atoms with Gasteiger partial charge in [-0.1, -0.05) is 6.92 Å². The van der Waals surface area contributed by atoms with E-state index in [9.17, 15) is 34.8 Å². The number of Topliss-reactive ketones (excluding diaryl/α,β-unsaturated/α-hetero) is 1. The number of aromatic nitrogens is 4. The first-order chi connectivity index (χ1) is 15.6. The number of pyridine rings is 1. The number of hydrogen-bond acceptors (Lipinski definition) is 8. The lowest BCUT2D eigenvalue weighted by Crippen LogP contribution is -2.14. The highest BCUT2D eigenvalue weighted by atomic mass is 32.2. The quantitative estimate of drug-likeness (QED) is 0.439. The van der Waals surface area contributed by atoms with E-state index in [4.69, 9.17) is 0 Å². The molecule has 9 nitrogen and oxygen atoms in total. The lowest BCUT2D eigenvalue weighted by atomic mass is 9.97. The number of benzene rings is 1. The van der Waals surface area contributed by atoms with Gasteiger partial charge in [-0.05, 0) is 30.3 Å². The Morgan fingerprint density at radius 3 is 2.18 bits per heavy atom. The van der Waals surface area contributed by atoms with Crippen molar-refractivity contribution >= 4 is 25.5 Å². The molecule has 0 amide bonds. The van der Waals surface area contributed by atoms with Crippen LogP contribution in [0.25, 0.3) is 5.82 Å². The summed E-state index contributed by atoms with van der Waals surface area (Å²) in [4.78, 5) is 20.3. The van der Waals surface area contributed by atoms with E-state index in [1.165, 1.54) is 23.1 Å². The van der Waals surface area contributed by atoms with Crippen LogP contribution in [-0.4, -0.2) is 54.9 Å². The molecule has 1 aromatic carbocycles. The predicted octanol–water partition coefficient (Wildman–Crippen LogP) is 2.86. The molecule has 0 spiro atoms. The van der Waals surface area contributed by atoms with Crippen molar-refractivity contribution in [1.29, 1.82) is 0 Å². The Bertz CT molecular complexity index is 1450. The number of carbonyl (C=O) groups is 1. The fourth-order valence-electron chi connectivity index (χ4n) is 3.11. The Kier molecular flexibility index (Phi) is 6.68. The first kappa shape index (κ1) is 25.5. The number of halogens is 3. The second-order valence-electron chi connectivity index (χ2n) is 7.70. The third kappa shape index (κ3) is 5.67. The maximum Gasteiger partial charge on any atom is 0.416 e. The van der Waals surface area contributed by atoms with Gasteiger partial charge in [0.1, 0.15) is 12.2 Å². The second-order valence-corrected chi connectivity index (χ2v) is 11.7. The number of sulfone groups is 2. The van der Waals surface area contributed by atoms with Crippen molar-refractivity contribution in [3.05, 3.63) is 59.8 Å². The summed E-state index contributed by atoms with van der Waals surface area (Å²) >= 11 is 0. The third-order valence-electron chi connectivity index (χ3n) is 4.86. The van der Waals surface area contributed by atoms with Crippen LogP contribution in [0.3, 0.4) is 0 Å². The lowest BCUT2D eigenvalue weighted by Gasteiger charge is -2.14. The van der Waals surface area contributed by atoms with Crippen molar-refractivity contribution < 1.29 is 34.8 Å². The molecule has 0 N–H and O–H groups in total. The van der Waals surface area contributed by atoms with Gasteiger partial charge >= 0.3 is 6.18 Å². The average Bonchev–Trinajstić information content (AvgIpc) is 3.21. The topological polar surface area (TPSA) is 129 Å². The van der Waals surface area contributed by atoms with Crippen LogP contribution >= 0.6 is 0 Å². The minimum Gasteiger partial charge on any atom is -0.294 e. The minimum atomic E-state index is -4.84. The van der Waals surface area contributed by atoms with Crippen LogP contribution in [0.4, 0.5) is 13.2 Å². The van der Waals surface area contributed by atoms with Crippen molar-refractivity contribution in [3.63, 3.8) is 0 Å². The molecular weight excluding hydrogens is 497 g/mol. The van der Waals surface area contributed by atoms with Gasteiger partial charge in [0, 0.05) is 36.6 Å². The molecule has 2 heterocycles. The van der Waals surface area contributed by atoms with Gasteiger partial charge < -0.3 is 0 Å². The average molecular weight is 517 g/mol. The molecule has 182 valence electrons. The molecular formula is C20H19F3N4O5S2. The predicted molar refractivity (Wildman–Crippen MR) is 114 cm³/mol. The Hall–Kier alpha value is -3.13. The second kappa shape index (κ2) is 8.91. The summed E-state index contributed by atoms with van der Waals surface area (Å²) in [6, 6.07) is 4.73. The smallest absolute Gasteiger partial charge is 0.294 e. The highest BCUT2D eigenvalue weighted by Crippen LogP contribution is 2.32. The van der Waals surface area contributed by atoms with Gasteiger partial charge in [-0.15, -0.1) is 0 Å². The molecule has 2 aromatic heterocycles. The molecule has 3 aromatic rings. The summed E-state index contributed by atoms with van der Waals surface area (Å²) in [7, 11) is -7.46. The van der Waals surface area contributed by atoms with Gasteiger partial charge in [0.25, 0.3) is 0 Å². The van der Waals surface area contributed by atoms with E-state index in [2.05, 4.69) is 15.1 Å². The van der Waals surface area contributed by atoms with Gasteiger partial charge in [-0.3, -0.25) is 4.79 Å². The zero-order valence-electron chi connectivity index (χ0n) is 18.1. The molecule has 14 heteroatoms. The van der Waals surface area contributed by atoms with E-state index in [1.807, 2.05) is 0 Å². The Labute approximate surface area is 193 Å². The van der Waals surface area contributed by atoms with Gasteiger partial charge in [0.05, 0.1) is 15.4 Å². The Morgan fingerprint density at radius 2 is 1.65 bits per heavy atom. The summed E-state index contributed by atoms with van der Waals surface area (Å²) in [6.45, 7) is 1.59. The summed E-state index contributed by atoms with van der Waals surface area (Å²) in [5.41, 5.74) is -1.64. The van der Waals surface area contributed by atoms with Crippen LogP contribution in [0.15, 0.2) is 52.6 Å². The standard InChI is InChI=1S/C20H19F3N4O5S2/c1-12(19-25-11-26-27(19)18-5-4-15(10-24-18)33(2,29)30)6-17(28)13-7-14(20(21,22)23)9-16(8-13)34(3,31)32/h4-5,7-12H,6H2,1-3H3/t12-/m1/s1. The van der Waals surface area contributed by atoms with Crippen molar-refractivity contribution in [2.45, 2.75) is 35.2 Å². The first-order valence-corrected chi connectivity index (χ1v) is 13.4. The zero-order valence-corrected chi connectivity index (χ0v) is 19.7. The highest BCUT2D eigenvalue weighted by molar-refractivity contribution is 7.91. The van der Waals surface area contributed by atoms with Crippen molar-refractivity contribution in [3.8, 4) is 5.82 Å². The van der Waals surface area contributed by atoms with Gasteiger partial charge in [-0.25, -0.2) is 26.8 Å². The molecule has 0 aliphatic heterocycles. The first-order valence-electron chi connectivity index (χ1n) is 9.59. The van der Waals surface area contributed by atoms with Crippen molar-refractivity contribution in [1.82, 2.24) is 19.7 Å². The molecule has 3 rings (SSSR count). The van der Waals surface area contributed by atoms with Gasteiger partial charge in [-0.2, -0.15) is 23.0 Å². The number of carbonyl (C=O) groups excluding carboxylic acids is 1. The molecule has 34 heavy (non-hydrogen) atoms.